The summed E-state index contributed by atoms with van der Waals surface area (Å²) in [5, 5.41) is 16.7. The van der Waals surface area contributed by atoms with Gasteiger partial charge in [0.25, 0.3) is 0 Å². The quantitative estimate of drug-likeness (QED) is 0.506. The van der Waals surface area contributed by atoms with Crippen molar-refractivity contribution < 1.29 is 18.6 Å². The summed E-state index contributed by atoms with van der Waals surface area (Å²) in [4.78, 5) is 12.9. The molecule has 194 valence electrons. The first-order chi connectivity index (χ1) is 17.5. The third-order valence-corrected chi connectivity index (χ3v) is 6.93. The minimum atomic E-state index is -0.598. The smallest absolute Gasteiger partial charge is 0.216 e. The number of nitrogens with one attached hydrogen (secondary N) is 2. The summed E-state index contributed by atoms with van der Waals surface area (Å²) in [5.41, 5.74) is -0.346. The highest BCUT2D eigenvalue weighted by atomic mass is 19.1. The molecule has 0 radical (unpaired) electrons. The van der Waals surface area contributed by atoms with Crippen LogP contribution in [0.25, 0.3) is 11.4 Å². The Labute approximate surface area is 211 Å². The van der Waals surface area contributed by atoms with Crippen LogP contribution in [-0.2, 0) is 9.47 Å². The molecule has 4 rings (SSSR count). The zero-order chi connectivity index (χ0) is 25.4. The molecule has 0 unspecified atom stereocenters. The summed E-state index contributed by atoms with van der Waals surface area (Å²) in [6, 6.07) is 6.71. The van der Waals surface area contributed by atoms with Gasteiger partial charge in [-0.25, -0.2) is 14.4 Å². The van der Waals surface area contributed by atoms with Gasteiger partial charge >= 0.3 is 0 Å². The zero-order valence-electron chi connectivity index (χ0n) is 21.0. The first-order valence-corrected chi connectivity index (χ1v) is 12.6. The van der Waals surface area contributed by atoms with E-state index in [2.05, 4.69) is 38.6 Å². The van der Waals surface area contributed by atoms with E-state index in [0.717, 1.165) is 25.7 Å². The van der Waals surface area contributed by atoms with Crippen LogP contribution in [0.4, 0.5) is 10.2 Å². The number of nitriles is 1. The minimum absolute atomic E-state index is 0.205. The highest BCUT2D eigenvalue weighted by Gasteiger charge is 2.34. The van der Waals surface area contributed by atoms with Gasteiger partial charge in [0.1, 0.15) is 12.4 Å². The average Bonchev–Trinajstić information content (AvgIpc) is 2.90. The predicted octanol–water partition coefficient (Wildman–Crippen LogP) is 3.72. The van der Waals surface area contributed by atoms with Crippen LogP contribution in [0.2, 0.25) is 0 Å². The van der Waals surface area contributed by atoms with Crippen LogP contribution in [-0.4, -0.2) is 66.6 Å². The van der Waals surface area contributed by atoms with Crippen LogP contribution in [0.5, 0.6) is 5.88 Å². The maximum Gasteiger partial charge on any atom is 0.216 e. The number of pyridine rings is 1. The number of rotatable bonds is 10. The maximum absolute atomic E-state index is 14.7. The van der Waals surface area contributed by atoms with Crippen molar-refractivity contribution in [3.8, 4) is 23.3 Å². The molecule has 2 N–H and O–H groups in total. The summed E-state index contributed by atoms with van der Waals surface area (Å²) < 4.78 is 31.1. The van der Waals surface area contributed by atoms with Gasteiger partial charge in [0.15, 0.2) is 11.6 Å². The molecule has 2 aliphatic rings. The molecule has 0 amide bonds. The van der Waals surface area contributed by atoms with Crippen LogP contribution in [0.1, 0.15) is 45.4 Å². The van der Waals surface area contributed by atoms with Crippen molar-refractivity contribution in [3.05, 3.63) is 30.3 Å². The Hall–Kier alpha value is -2.87. The fourth-order valence-corrected chi connectivity index (χ4v) is 4.82. The first kappa shape index (κ1) is 26.2. The number of anilines is 1. The lowest BCUT2D eigenvalue weighted by Crippen LogP contribution is -2.42. The van der Waals surface area contributed by atoms with Crippen LogP contribution in [0, 0.1) is 22.6 Å². The molecule has 1 aliphatic carbocycles. The van der Waals surface area contributed by atoms with E-state index in [4.69, 9.17) is 14.2 Å². The number of ether oxygens (including phenoxy) is 3. The number of nitrogens with zero attached hydrogens (tertiary/aromatic N) is 4. The molecule has 1 aliphatic heterocycles. The highest BCUT2D eigenvalue weighted by Crippen LogP contribution is 2.31. The van der Waals surface area contributed by atoms with Crippen molar-refractivity contribution in [1.29, 1.82) is 5.26 Å². The Kier molecular flexibility index (Phi) is 9.02. The second-order valence-corrected chi connectivity index (χ2v) is 9.78. The van der Waals surface area contributed by atoms with E-state index in [1.807, 2.05) is 0 Å². The SMILES string of the molecule is COC[C@@H](C)NC1CCC(Nc2cc(-c3nccc(OCC4(C#N)CCOCC4)n3)c(F)cn2)CC1. The van der Waals surface area contributed by atoms with Crippen LogP contribution in [0.3, 0.4) is 0 Å². The van der Waals surface area contributed by atoms with Crippen LogP contribution >= 0.6 is 0 Å². The number of hydrogen-bond donors (Lipinski definition) is 2. The fraction of sp³-hybridized carbons (Fsp3) is 0.615. The molecule has 36 heavy (non-hydrogen) atoms. The Balaban J connectivity index is 1.37. The average molecular weight is 499 g/mol. The standard InChI is InChI=1S/C26H35FN6O3/c1-18(15-34-2)31-19-3-5-20(6-4-19)32-23-13-21(22(27)14-30-23)25-29-10-7-24(33-25)36-17-26(16-28)8-11-35-12-9-26/h7,10,13-14,18-20,31H,3-6,8-9,11-12,15,17H2,1-2H3,(H,30,32)/t18-,19?,20?/m1/s1. The number of aromatic nitrogens is 3. The maximum atomic E-state index is 14.7. The molecular weight excluding hydrogens is 463 g/mol. The van der Waals surface area contributed by atoms with Gasteiger partial charge in [0, 0.05) is 50.7 Å². The van der Waals surface area contributed by atoms with Crippen LogP contribution < -0.4 is 15.4 Å². The van der Waals surface area contributed by atoms with Crippen molar-refractivity contribution in [3.63, 3.8) is 0 Å². The monoisotopic (exact) mass is 498 g/mol. The predicted molar refractivity (Wildman–Crippen MR) is 133 cm³/mol. The summed E-state index contributed by atoms with van der Waals surface area (Å²) in [5.74, 6) is 0.612. The molecule has 1 saturated heterocycles. The third-order valence-electron chi connectivity index (χ3n) is 6.93. The zero-order valence-corrected chi connectivity index (χ0v) is 21.0. The molecule has 2 aromatic rings. The number of methoxy groups -OCH3 is 1. The summed E-state index contributed by atoms with van der Waals surface area (Å²) in [6.07, 6.45) is 8.05. The molecular formula is C26H35FN6O3. The molecule has 0 spiro atoms. The topological polar surface area (TPSA) is 114 Å². The van der Waals surface area contributed by atoms with Crippen molar-refractivity contribution in [1.82, 2.24) is 20.3 Å². The Morgan fingerprint density at radius 2 is 1.97 bits per heavy atom. The molecule has 2 fully saturated rings. The molecule has 0 aromatic carbocycles. The number of hydrogen-bond acceptors (Lipinski definition) is 9. The Morgan fingerprint density at radius 3 is 2.69 bits per heavy atom. The summed E-state index contributed by atoms with van der Waals surface area (Å²) in [6.45, 7) is 4.11. The van der Waals surface area contributed by atoms with Crippen molar-refractivity contribution in [2.24, 2.45) is 5.41 Å². The van der Waals surface area contributed by atoms with E-state index in [1.54, 1.807) is 19.2 Å². The van der Waals surface area contributed by atoms with E-state index in [9.17, 15) is 9.65 Å². The van der Waals surface area contributed by atoms with Gasteiger partial charge in [-0.3, -0.25) is 0 Å². The van der Waals surface area contributed by atoms with E-state index in [-0.39, 0.29) is 24.0 Å². The molecule has 1 atom stereocenters. The van der Waals surface area contributed by atoms with Crippen molar-refractivity contribution in [2.75, 3.05) is 38.9 Å². The van der Waals surface area contributed by atoms with Gasteiger partial charge in [-0.2, -0.15) is 10.2 Å². The van der Waals surface area contributed by atoms with Gasteiger partial charge in [-0.1, -0.05) is 0 Å². The Bertz CT molecular complexity index is 1030. The van der Waals surface area contributed by atoms with E-state index >= 15 is 0 Å². The molecule has 2 aromatic heterocycles. The van der Waals surface area contributed by atoms with Gasteiger partial charge in [0.2, 0.25) is 5.88 Å². The molecule has 3 heterocycles. The van der Waals surface area contributed by atoms with E-state index < -0.39 is 11.2 Å². The third kappa shape index (κ3) is 6.87. The molecule has 9 nitrogen and oxygen atoms in total. The summed E-state index contributed by atoms with van der Waals surface area (Å²) >= 11 is 0. The minimum Gasteiger partial charge on any atom is -0.476 e. The second-order valence-electron chi connectivity index (χ2n) is 9.78. The molecule has 1 saturated carbocycles. The number of halogens is 1. The van der Waals surface area contributed by atoms with Crippen LogP contribution in [0.15, 0.2) is 24.5 Å². The van der Waals surface area contributed by atoms with E-state index in [0.29, 0.717) is 56.4 Å². The fourth-order valence-electron chi connectivity index (χ4n) is 4.82. The van der Waals surface area contributed by atoms with Gasteiger partial charge in [-0.15, -0.1) is 0 Å². The normalized spacial score (nSPS) is 22.4. The van der Waals surface area contributed by atoms with Gasteiger partial charge < -0.3 is 24.8 Å². The highest BCUT2D eigenvalue weighted by molar-refractivity contribution is 5.60. The van der Waals surface area contributed by atoms with Crippen molar-refractivity contribution >= 4 is 5.82 Å². The van der Waals surface area contributed by atoms with Crippen molar-refractivity contribution in [2.45, 2.75) is 63.6 Å². The van der Waals surface area contributed by atoms with Gasteiger partial charge in [-0.05, 0) is 51.5 Å². The van der Waals surface area contributed by atoms with Gasteiger partial charge in [0.05, 0.1) is 29.9 Å². The molecule has 0 bridgehead atoms. The second kappa shape index (κ2) is 12.4. The largest absolute Gasteiger partial charge is 0.476 e. The lowest BCUT2D eigenvalue weighted by Gasteiger charge is -2.31. The molecule has 10 heteroatoms. The lowest BCUT2D eigenvalue weighted by atomic mass is 9.83. The summed E-state index contributed by atoms with van der Waals surface area (Å²) in [7, 11) is 1.72. The lowest BCUT2D eigenvalue weighted by molar-refractivity contribution is 0.0183. The Morgan fingerprint density at radius 1 is 1.22 bits per heavy atom. The van der Waals surface area contributed by atoms with E-state index in [1.165, 1.54) is 12.4 Å². The first-order valence-electron chi connectivity index (χ1n) is 12.6.